The van der Waals surface area contributed by atoms with E-state index in [1.54, 1.807) is 0 Å². The molecule has 1 aromatic rings. The van der Waals surface area contributed by atoms with Gasteiger partial charge in [-0.05, 0) is 46.1 Å². The van der Waals surface area contributed by atoms with Crippen molar-refractivity contribution in [3.8, 4) is 0 Å². The SMILES string of the molecule is Cc1nc(C(C)N(CC(C)C)CC2CCCN2)c(C)s1. The first-order valence-electron chi connectivity index (χ1n) is 7.88. The topological polar surface area (TPSA) is 28.2 Å². The predicted molar refractivity (Wildman–Crippen MR) is 87.4 cm³/mol. The molecule has 2 unspecified atom stereocenters. The van der Waals surface area contributed by atoms with Crippen molar-refractivity contribution in [2.75, 3.05) is 19.6 Å². The summed E-state index contributed by atoms with van der Waals surface area (Å²) in [7, 11) is 0. The second-order valence-electron chi connectivity index (χ2n) is 6.49. The minimum Gasteiger partial charge on any atom is -0.313 e. The molecule has 114 valence electrons. The van der Waals surface area contributed by atoms with Gasteiger partial charge in [-0.2, -0.15) is 0 Å². The van der Waals surface area contributed by atoms with Crippen LogP contribution in [0.3, 0.4) is 0 Å². The van der Waals surface area contributed by atoms with Crippen molar-refractivity contribution in [3.63, 3.8) is 0 Å². The highest BCUT2D eigenvalue weighted by Crippen LogP contribution is 2.28. The molecule has 0 amide bonds. The van der Waals surface area contributed by atoms with E-state index in [2.05, 4.69) is 44.8 Å². The average Bonchev–Trinajstić information content (AvgIpc) is 2.96. The summed E-state index contributed by atoms with van der Waals surface area (Å²) in [6, 6.07) is 1.08. The number of aryl methyl sites for hydroxylation is 2. The number of nitrogens with zero attached hydrogens (tertiary/aromatic N) is 2. The first-order valence-corrected chi connectivity index (χ1v) is 8.70. The highest BCUT2D eigenvalue weighted by molar-refractivity contribution is 7.11. The van der Waals surface area contributed by atoms with Crippen molar-refractivity contribution in [3.05, 3.63) is 15.6 Å². The zero-order chi connectivity index (χ0) is 14.7. The Bertz CT molecular complexity index is 421. The molecule has 0 saturated carbocycles. The quantitative estimate of drug-likeness (QED) is 0.870. The molecule has 1 N–H and O–H groups in total. The largest absolute Gasteiger partial charge is 0.313 e. The molecule has 0 bridgehead atoms. The molecule has 0 spiro atoms. The van der Waals surface area contributed by atoms with E-state index >= 15 is 0 Å². The lowest BCUT2D eigenvalue weighted by Crippen LogP contribution is -2.41. The third-order valence-electron chi connectivity index (χ3n) is 4.10. The lowest BCUT2D eigenvalue weighted by atomic mass is 10.1. The van der Waals surface area contributed by atoms with Gasteiger partial charge in [-0.25, -0.2) is 4.98 Å². The summed E-state index contributed by atoms with van der Waals surface area (Å²) in [6.07, 6.45) is 2.64. The Balaban J connectivity index is 2.09. The molecule has 1 aromatic heterocycles. The van der Waals surface area contributed by atoms with Gasteiger partial charge in [-0.1, -0.05) is 13.8 Å². The molecule has 1 saturated heterocycles. The molecule has 2 atom stereocenters. The van der Waals surface area contributed by atoms with Gasteiger partial charge in [0.25, 0.3) is 0 Å². The Kier molecular flexibility index (Phi) is 5.58. The van der Waals surface area contributed by atoms with Crippen LogP contribution in [0, 0.1) is 19.8 Å². The summed E-state index contributed by atoms with van der Waals surface area (Å²) < 4.78 is 0. The smallest absolute Gasteiger partial charge is 0.0900 e. The van der Waals surface area contributed by atoms with Crippen LogP contribution in [0.25, 0.3) is 0 Å². The average molecular weight is 295 g/mol. The van der Waals surface area contributed by atoms with E-state index in [-0.39, 0.29) is 0 Å². The van der Waals surface area contributed by atoms with Gasteiger partial charge >= 0.3 is 0 Å². The molecule has 1 fully saturated rings. The molecule has 3 nitrogen and oxygen atoms in total. The van der Waals surface area contributed by atoms with E-state index in [0.29, 0.717) is 18.0 Å². The summed E-state index contributed by atoms with van der Waals surface area (Å²) in [6.45, 7) is 14.7. The van der Waals surface area contributed by atoms with Crippen LogP contribution < -0.4 is 5.32 Å². The number of hydrogen-bond donors (Lipinski definition) is 1. The Morgan fingerprint density at radius 1 is 1.35 bits per heavy atom. The summed E-state index contributed by atoms with van der Waals surface area (Å²) in [5, 5.41) is 4.81. The summed E-state index contributed by atoms with van der Waals surface area (Å²) >= 11 is 1.82. The zero-order valence-electron chi connectivity index (χ0n) is 13.6. The number of thiazole rings is 1. The minimum atomic E-state index is 0.421. The van der Waals surface area contributed by atoms with Crippen molar-refractivity contribution >= 4 is 11.3 Å². The second kappa shape index (κ2) is 7.01. The van der Waals surface area contributed by atoms with Crippen LogP contribution >= 0.6 is 11.3 Å². The third-order valence-corrected chi connectivity index (χ3v) is 5.00. The Labute approximate surface area is 127 Å². The Morgan fingerprint density at radius 3 is 2.60 bits per heavy atom. The summed E-state index contributed by atoms with van der Waals surface area (Å²) in [5.74, 6) is 0.693. The van der Waals surface area contributed by atoms with Gasteiger partial charge in [0.1, 0.15) is 0 Å². The van der Waals surface area contributed by atoms with Crippen LogP contribution in [-0.2, 0) is 0 Å². The number of hydrogen-bond acceptors (Lipinski definition) is 4. The molecule has 2 heterocycles. The van der Waals surface area contributed by atoms with Crippen molar-refractivity contribution < 1.29 is 0 Å². The van der Waals surface area contributed by atoms with Crippen LogP contribution in [0.1, 0.15) is 55.2 Å². The fourth-order valence-corrected chi connectivity index (χ4v) is 4.07. The van der Waals surface area contributed by atoms with E-state index in [0.717, 1.165) is 13.1 Å². The van der Waals surface area contributed by atoms with E-state index in [9.17, 15) is 0 Å². The van der Waals surface area contributed by atoms with Crippen LogP contribution in [0.15, 0.2) is 0 Å². The number of nitrogens with one attached hydrogen (secondary N) is 1. The maximum absolute atomic E-state index is 4.77. The molecular formula is C16H29N3S. The van der Waals surface area contributed by atoms with Crippen LogP contribution in [0.5, 0.6) is 0 Å². The summed E-state index contributed by atoms with van der Waals surface area (Å²) in [4.78, 5) is 8.77. The van der Waals surface area contributed by atoms with Crippen molar-refractivity contribution in [1.29, 1.82) is 0 Å². The molecule has 0 aliphatic carbocycles. The fourth-order valence-electron chi connectivity index (χ4n) is 3.16. The molecule has 20 heavy (non-hydrogen) atoms. The minimum absolute atomic E-state index is 0.421. The van der Waals surface area contributed by atoms with E-state index in [1.165, 1.54) is 35.0 Å². The van der Waals surface area contributed by atoms with Crippen LogP contribution in [0.4, 0.5) is 0 Å². The van der Waals surface area contributed by atoms with Crippen LogP contribution in [0.2, 0.25) is 0 Å². The zero-order valence-corrected chi connectivity index (χ0v) is 14.4. The molecule has 1 aliphatic heterocycles. The van der Waals surface area contributed by atoms with Gasteiger partial charge in [0.05, 0.1) is 16.7 Å². The molecule has 4 heteroatoms. The molecule has 0 aromatic carbocycles. The lowest BCUT2D eigenvalue weighted by Gasteiger charge is -2.32. The Hall–Kier alpha value is -0.450. The predicted octanol–water partition coefficient (Wildman–Crippen LogP) is 3.53. The lowest BCUT2D eigenvalue weighted by molar-refractivity contribution is 0.169. The maximum atomic E-state index is 4.77. The maximum Gasteiger partial charge on any atom is 0.0900 e. The molecule has 1 aliphatic rings. The van der Waals surface area contributed by atoms with E-state index in [4.69, 9.17) is 4.98 Å². The van der Waals surface area contributed by atoms with Crippen molar-refractivity contribution in [2.45, 2.75) is 59.5 Å². The Morgan fingerprint density at radius 2 is 2.10 bits per heavy atom. The number of rotatable bonds is 6. The third kappa shape index (κ3) is 4.03. The highest BCUT2D eigenvalue weighted by Gasteiger charge is 2.25. The fraction of sp³-hybridized carbons (Fsp3) is 0.812. The van der Waals surface area contributed by atoms with Gasteiger partial charge in [-0.3, -0.25) is 4.90 Å². The van der Waals surface area contributed by atoms with Crippen molar-refractivity contribution in [2.24, 2.45) is 5.92 Å². The second-order valence-corrected chi connectivity index (χ2v) is 7.90. The number of aromatic nitrogens is 1. The first-order chi connectivity index (χ1) is 9.47. The normalized spacial score (nSPS) is 21.1. The van der Waals surface area contributed by atoms with Crippen LogP contribution in [-0.4, -0.2) is 35.6 Å². The molecule has 0 radical (unpaired) electrons. The van der Waals surface area contributed by atoms with Gasteiger partial charge in [0, 0.05) is 24.0 Å². The standard InChI is InChI=1S/C16H29N3S/c1-11(2)9-19(10-15-7-6-8-17-15)12(3)16-13(4)20-14(5)18-16/h11-12,15,17H,6-10H2,1-5H3. The first kappa shape index (κ1) is 15.9. The van der Waals surface area contributed by atoms with Crippen molar-refractivity contribution in [1.82, 2.24) is 15.2 Å². The van der Waals surface area contributed by atoms with E-state index < -0.39 is 0 Å². The van der Waals surface area contributed by atoms with Gasteiger partial charge in [0.2, 0.25) is 0 Å². The monoisotopic (exact) mass is 295 g/mol. The van der Waals surface area contributed by atoms with E-state index in [1.807, 2.05) is 11.3 Å². The molecular weight excluding hydrogens is 266 g/mol. The molecule has 2 rings (SSSR count). The van der Waals surface area contributed by atoms with Gasteiger partial charge < -0.3 is 5.32 Å². The highest BCUT2D eigenvalue weighted by atomic mass is 32.1. The van der Waals surface area contributed by atoms with Gasteiger partial charge in [0.15, 0.2) is 0 Å². The van der Waals surface area contributed by atoms with Gasteiger partial charge in [-0.15, -0.1) is 11.3 Å². The summed E-state index contributed by atoms with van der Waals surface area (Å²) in [5.41, 5.74) is 1.28.